The van der Waals surface area contributed by atoms with Gasteiger partial charge in [-0.25, -0.2) is 0 Å². The third-order valence-electron chi connectivity index (χ3n) is 4.05. The van der Waals surface area contributed by atoms with E-state index in [0.29, 0.717) is 17.9 Å². The van der Waals surface area contributed by atoms with Gasteiger partial charge in [-0.15, -0.1) is 0 Å². The van der Waals surface area contributed by atoms with Crippen LogP contribution in [0.25, 0.3) is 0 Å². The summed E-state index contributed by atoms with van der Waals surface area (Å²) >= 11 is 0. The lowest BCUT2D eigenvalue weighted by molar-refractivity contribution is -0.141. The van der Waals surface area contributed by atoms with Crippen molar-refractivity contribution in [3.63, 3.8) is 0 Å². The van der Waals surface area contributed by atoms with Crippen molar-refractivity contribution >= 4 is 28.9 Å². The molecule has 0 saturated carbocycles. The molecule has 0 unspecified atom stereocenters. The molecule has 0 bridgehead atoms. The molecule has 1 atom stereocenters. The maximum atomic E-state index is 12.2. The average molecular weight is 397 g/mol. The number of carbonyl (C=O) groups is 2. The van der Waals surface area contributed by atoms with Crippen LogP contribution in [0.4, 0.5) is 17.1 Å². The standard InChI is InChI=1S/C21H27N5O3/c1-26(2)14-6-13-22-19(21(28)29)15-20(27)23-16-9-11-18(12-10-16)25-24-17-7-4-3-5-8-17/h3-5,7-12,19,22H,6,13-15H2,1-2H3,(H,23,27)(H,28,29)/t19-/m1/s1. The highest BCUT2D eigenvalue weighted by Crippen LogP contribution is 2.20. The first kappa shape index (κ1) is 22.2. The summed E-state index contributed by atoms with van der Waals surface area (Å²) in [6.45, 7) is 1.38. The number of rotatable bonds is 11. The Bertz CT molecular complexity index is 807. The van der Waals surface area contributed by atoms with Crippen LogP contribution in [0.1, 0.15) is 12.8 Å². The summed E-state index contributed by atoms with van der Waals surface area (Å²) in [6, 6.07) is 15.3. The molecule has 0 aliphatic carbocycles. The molecule has 8 nitrogen and oxygen atoms in total. The predicted molar refractivity (Wildman–Crippen MR) is 113 cm³/mol. The molecule has 0 heterocycles. The molecule has 3 N–H and O–H groups in total. The minimum absolute atomic E-state index is 0.146. The van der Waals surface area contributed by atoms with Gasteiger partial charge in [-0.3, -0.25) is 9.59 Å². The fraction of sp³-hybridized carbons (Fsp3) is 0.333. The largest absolute Gasteiger partial charge is 0.480 e. The quantitative estimate of drug-likeness (QED) is 0.398. The zero-order valence-corrected chi connectivity index (χ0v) is 16.7. The Morgan fingerprint density at radius 3 is 2.21 bits per heavy atom. The van der Waals surface area contributed by atoms with E-state index in [1.165, 1.54) is 0 Å². The van der Waals surface area contributed by atoms with Crippen LogP contribution in [0.5, 0.6) is 0 Å². The molecular formula is C21H27N5O3. The fourth-order valence-electron chi connectivity index (χ4n) is 2.54. The molecule has 2 aromatic carbocycles. The van der Waals surface area contributed by atoms with Crippen LogP contribution in [0.2, 0.25) is 0 Å². The smallest absolute Gasteiger partial charge is 0.321 e. The van der Waals surface area contributed by atoms with Crippen molar-refractivity contribution in [2.45, 2.75) is 18.9 Å². The summed E-state index contributed by atoms with van der Waals surface area (Å²) in [5, 5.41) is 23.2. The summed E-state index contributed by atoms with van der Waals surface area (Å²) in [5.41, 5.74) is 1.98. The van der Waals surface area contributed by atoms with Gasteiger partial charge in [0.2, 0.25) is 5.91 Å². The van der Waals surface area contributed by atoms with Crippen LogP contribution in [-0.4, -0.2) is 55.1 Å². The first-order valence-corrected chi connectivity index (χ1v) is 9.41. The van der Waals surface area contributed by atoms with E-state index < -0.39 is 12.0 Å². The monoisotopic (exact) mass is 397 g/mol. The third kappa shape index (κ3) is 8.63. The minimum atomic E-state index is -1.04. The molecule has 1 amide bonds. The number of hydrogen-bond donors (Lipinski definition) is 3. The Hall–Kier alpha value is -3.10. The summed E-state index contributed by atoms with van der Waals surface area (Å²) in [7, 11) is 3.91. The topological polar surface area (TPSA) is 106 Å². The minimum Gasteiger partial charge on any atom is -0.480 e. The van der Waals surface area contributed by atoms with Crippen molar-refractivity contribution in [2.24, 2.45) is 10.2 Å². The number of carboxylic acid groups (broad SMARTS) is 1. The van der Waals surface area contributed by atoms with E-state index in [1.807, 2.05) is 49.3 Å². The molecule has 0 aliphatic rings. The van der Waals surface area contributed by atoms with Crippen molar-refractivity contribution in [1.82, 2.24) is 10.2 Å². The normalized spacial score (nSPS) is 12.2. The Morgan fingerprint density at radius 1 is 1.00 bits per heavy atom. The van der Waals surface area contributed by atoms with Crippen LogP contribution < -0.4 is 10.6 Å². The maximum absolute atomic E-state index is 12.2. The van der Waals surface area contributed by atoms with Crippen molar-refractivity contribution in [3.8, 4) is 0 Å². The number of benzene rings is 2. The molecule has 0 fully saturated rings. The van der Waals surface area contributed by atoms with Gasteiger partial charge >= 0.3 is 5.97 Å². The number of amides is 1. The van der Waals surface area contributed by atoms with Gasteiger partial charge in [-0.1, -0.05) is 18.2 Å². The number of carboxylic acids is 1. The lowest BCUT2D eigenvalue weighted by Crippen LogP contribution is -2.40. The van der Waals surface area contributed by atoms with Crippen molar-refractivity contribution in [1.29, 1.82) is 0 Å². The average Bonchev–Trinajstić information content (AvgIpc) is 2.70. The summed E-state index contributed by atoms with van der Waals surface area (Å²) in [4.78, 5) is 25.6. The molecule has 0 spiro atoms. The first-order valence-electron chi connectivity index (χ1n) is 9.41. The number of azo groups is 1. The summed E-state index contributed by atoms with van der Waals surface area (Å²) in [6.07, 6.45) is 0.657. The van der Waals surface area contributed by atoms with Crippen molar-refractivity contribution in [3.05, 3.63) is 54.6 Å². The number of hydrogen-bond acceptors (Lipinski definition) is 6. The molecule has 154 valence electrons. The molecule has 0 aromatic heterocycles. The molecule has 0 aliphatic heterocycles. The van der Waals surface area contributed by atoms with E-state index in [1.54, 1.807) is 24.3 Å². The van der Waals surface area contributed by atoms with E-state index in [4.69, 9.17) is 0 Å². The van der Waals surface area contributed by atoms with Gasteiger partial charge < -0.3 is 20.6 Å². The lowest BCUT2D eigenvalue weighted by Gasteiger charge is -2.15. The molecule has 0 saturated heterocycles. The van der Waals surface area contributed by atoms with Gasteiger partial charge in [0.1, 0.15) is 6.04 Å². The Kier molecular flexibility index (Phi) is 8.94. The SMILES string of the molecule is CN(C)CCCN[C@H](CC(=O)Nc1ccc(N=Nc2ccccc2)cc1)C(=O)O. The van der Waals surface area contributed by atoms with Crippen molar-refractivity contribution < 1.29 is 14.7 Å². The molecule has 2 aromatic rings. The number of nitrogens with zero attached hydrogens (tertiary/aromatic N) is 3. The van der Waals surface area contributed by atoms with Crippen molar-refractivity contribution in [2.75, 3.05) is 32.5 Å². The zero-order chi connectivity index (χ0) is 21.1. The van der Waals surface area contributed by atoms with E-state index in [9.17, 15) is 14.7 Å². The first-order chi connectivity index (χ1) is 13.9. The second kappa shape index (κ2) is 11.7. The maximum Gasteiger partial charge on any atom is 0.321 e. The highest BCUT2D eigenvalue weighted by Gasteiger charge is 2.20. The highest BCUT2D eigenvalue weighted by atomic mass is 16.4. The van der Waals surface area contributed by atoms with Gasteiger partial charge in [0.05, 0.1) is 17.8 Å². The fourth-order valence-corrected chi connectivity index (χ4v) is 2.54. The molecular weight excluding hydrogens is 370 g/mol. The van der Waals surface area contributed by atoms with Gasteiger partial charge in [-0.05, 0) is 70.0 Å². The zero-order valence-electron chi connectivity index (χ0n) is 16.7. The van der Waals surface area contributed by atoms with E-state index in [-0.39, 0.29) is 12.3 Å². The Labute approximate surface area is 170 Å². The predicted octanol–water partition coefficient (Wildman–Crippen LogP) is 3.43. The molecule has 29 heavy (non-hydrogen) atoms. The molecule has 0 radical (unpaired) electrons. The Balaban J connectivity index is 1.84. The molecule has 8 heteroatoms. The lowest BCUT2D eigenvalue weighted by atomic mass is 10.2. The van der Waals surface area contributed by atoms with Crippen LogP contribution >= 0.6 is 0 Å². The van der Waals surface area contributed by atoms with Gasteiger partial charge in [0.15, 0.2) is 0 Å². The Morgan fingerprint density at radius 2 is 1.62 bits per heavy atom. The van der Waals surface area contributed by atoms with Gasteiger partial charge in [-0.2, -0.15) is 10.2 Å². The molecule has 2 rings (SSSR count). The van der Waals surface area contributed by atoms with E-state index in [2.05, 4.69) is 20.9 Å². The summed E-state index contributed by atoms with van der Waals surface area (Å²) in [5.74, 6) is -1.40. The van der Waals surface area contributed by atoms with Gasteiger partial charge in [0.25, 0.3) is 0 Å². The number of nitrogens with one attached hydrogen (secondary N) is 2. The van der Waals surface area contributed by atoms with Crippen LogP contribution in [0, 0.1) is 0 Å². The van der Waals surface area contributed by atoms with Crippen LogP contribution in [0.3, 0.4) is 0 Å². The summed E-state index contributed by atoms with van der Waals surface area (Å²) < 4.78 is 0. The van der Waals surface area contributed by atoms with E-state index in [0.717, 1.165) is 18.7 Å². The van der Waals surface area contributed by atoms with Crippen LogP contribution in [0.15, 0.2) is 64.8 Å². The number of anilines is 1. The van der Waals surface area contributed by atoms with Gasteiger partial charge in [0, 0.05) is 5.69 Å². The highest BCUT2D eigenvalue weighted by molar-refractivity contribution is 5.94. The number of carbonyl (C=O) groups excluding carboxylic acids is 1. The number of aliphatic carboxylic acids is 1. The van der Waals surface area contributed by atoms with E-state index >= 15 is 0 Å². The second-order valence-electron chi connectivity index (χ2n) is 6.84. The third-order valence-corrected chi connectivity index (χ3v) is 4.05. The van der Waals surface area contributed by atoms with Crippen LogP contribution in [-0.2, 0) is 9.59 Å². The second-order valence-corrected chi connectivity index (χ2v) is 6.84.